The number of anilines is 1. The lowest BCUT2D eigenvalue weighted by molar-refractivity contribution is -0.113. The Morgan fingerprint density at radius 2 is 1.95 bits per heavy atom. The minimum Gasteiger partial charge on any atom is -0.494 e. The largest absolute Gasteiger partial charge is 0.494 e. The predicted octanol–water partition coefficient (Wildman–Crippen LogP) is 4.01. The Kier molecular flexibility index (Phi) is 5.83. The Morgan fingerprint density at radius 3 is 2.59 bits per heavy atom. The fraction of sp³-hybridized carbons (Fsp3) is 0.235. The summed E-state index contributed by atoms with van der Waals surface area (Å²) in [7, 11) is 1.43. The summed E-state index contributed by atoms with van der Waals surface area (Å²) in [6, 6.07) is 12.5. The monoisotopic (exact) mass is 319 g/mol. The van der Waals surface area contributed by atoms with Gasteiger partial charge in [-0.05, 0) is 36.8 Å². The van der Waals surface area contributed by atoms with Crippen molar-refractivity contribution in [2.75, 3.05) is 18.2 Å². The van der Waals surface area contributed by atoms with E-state index in [4.69, 9.17) is 4.74 Å². The van der Waals surface area contributed by atoms with Gasteiger partial charge in [-0.3, -0.25) is 4.79 Å². The van der Waals surface area contributed by atoms with E-state index in [0.717, 1.165) is 16.8 Å². The minimum absolute atomic E-state index is 0.0668. The lowest BCUT2D eigenvalue weighted by Crippen LogP contribution is -2.14. The number of carbonyl (C=O) groups is 1. The third-order valence-corrected chi connectivity index (χ3v) is 4.06. The molecule has 2 rings (SSSR count). The van der Waals surface area contributed by atoms with Gasteiger partial charge in [-0.2, -0.15) is 0 Å². The molecule has 1 amide bonds. The molecule has 2 aromatic rings. The molecule has 0 heterocycles. The first kappa shape index (κ1) is 16.4. The fourth-order valence-electron chi connectivity index (χ4n) is 1.90. The molecule has 0 saturated heterocycles. The number of ether oxygens (including phenoxy) is 1. The topological polar surface area (TPSA) is 38.3 Å². The molecule has 0 saturated carbocycles. The third kappa shape index (κ3) is 4.77. The van der Waals surface area contributed by atoms with Crippen molar-refractivity contribution in [1.29, 1.82) is 0 Å². The van der Waals surface area contributed by atoms with Gasteiger partial charge < -0.3 is 10.1 Å². The van der Waals surface area contributed by atoms with Crippen LogP contribution in [0.5, 0.6) is 5.75 Å². The van der Waals surface area contributed by atoms with Crippen LogP contribution < -0.4 is 10.1 Å². The molecule has 0 unspecified atom stereocenters. The van der Waals surface area contributed by atoms with Crippen molar-refractivity contribution in [3.8, 4) is 5.75 Å². The van der Waals surface area contributed by atoms with Crippen LogP contribution in [0.3, 0.4) is 0 Å². The van der Waals surface area contributed by atoms with E-state index >= 15 is 0 Å². The Balaban J connectivity index is 1.79. The van der Waals surface area contributed by atoms with Crippen LogP contribution in [0.2, 0.25) is 0 Å². The van der Waals surface area contributed by atoms with Gasteiger partial charge in [0.15, 0.2) is 11.6 Å². The van der Waals surface area contributed by atoms with Crippen molar-refractivity contribution in [3.05, 3.63) is 59.4 Å². The average molecular weight is 319 g/mol. The maximum Gasteiger partial charge on any atom is 0.234 e. The second-order valence-corrected chi connectivity index (χ2v) is 5.86. The average Bonchev–Trinajstić information content (AvgIpc) is 2.50. The molecule has 0 aromatic heterocycles. The van der Waals surface area contributed by atoms with Crippen molar-refractivity contribution in [3.63, 3.8) is 0 Å². The van der Waals surface area contributed by atoms with Crippen LogP contribution in [-0.4, -0.2) is 18.8 Å². The zero-order valence-electron chi connectivity index (χ0n) is 12.6. The van der Waals surface area contributed by atoms with Crippen LogP contribution >= 0.6 is 11.8 Å². The quantitative estimate of drug-likeness (QED) is 0.874. The summed E-state index contributed by atoms with van der Waals surface area (Å²) in [5.74, 6) is 0.669. The highest BCUT2D eigenvalue weighted by molar-refractivity contribution is 7.99. The number of nitrogens with one attached hydrogen (secondary N) is 1. The summed E-state index contributed by atoms with van der Waals surface area (Å²) >= 11 is 1.44. The van der Waals surface area contributed by atoms with Gasteiger partial charge >= 0.3 is 0 Å². The molecule has 3 nitrogen and oxygen atoms in total. The van der Waals surface area contributed by atoms with Gasteiger partial charge in [0.2, 0.25) is 5.91 Å². The summed E-state index contributed by atoms with van der Waals surface area (Å²) in [6.45, 7) is 2.00. The Bertz CT molecular complexity index is 644. The second-order valence-electron chi connectivity index (χ2n) is 4.88. The first-order valence-electron chi connectivity index (χ1n) is 6.85. The van der Waals surface area contributed by atoms with Crippen LogP contribution in [-0.2, 0) is 10.5 Å². The molecule has 1 N–H and O–H groups in total. The molecule has 116 valence electrons. The van der Waals surface area contributed by atoms with Crippen molar-refractivity contribution in [2.24, 2.45) is 0 Å². The highest BCUT2D eigenvalue weighted by Crippen LogP contribution is 2.21. The van der Waals surface area contributed by atoms with Crippen LogP contribution in [0.4, 0.5) is 10.1 Å². The SMILES string of the molecule is COc1ccc(CSCC(=O)Nc2ccc(C)cc2)cc1F. The van der Waals surface area contributed by atoms with Crippen molar-refractivity contribution in [1.82, 2.24) is 0 Å². The predicted molar refractivity (Wildman–Crippen MR) is 88.9 cm³/mol. The second kappa shape index (κ2) is 7.84. The molecule has 5 heteroatoms. The van der Waals surface area contributed by atoms with Gasteiger partial charge in [-0.1, -0.05) is 23.8 Å². The molecule has 0 radical (unpaired) electrons. The van der Waals surface area contributed by atoms with E-state index in [1.54, 1.807) is 12.1 Å². The lowest BCUT2D eigenvalue weighted by atomic mass is 10.2. The fourth-order valence-corrected chi connectivity index (χ4v) is 2.67. The first-order chi connectivity index (χ1) is 10.6. The Labute approximate surface area is 133 Å². The number of carbonyl (C=O) groups excluding carboxylic acids is 1. The van der Waals surface area contributed by atoms with Gasteiger partial charge in [0.1, 0.15) is 0 Å². The van der Waals surface area contributed by atoms with Gasteiger partial charge in [0.05, 0.1) is 12.9 Å². The number of thioether (sulfide) groups is 1. The van der Waals surface area contributed by atoms with Crippen LogP contribution in [0, 0.1) is 12.7 Å². The van der Waals surface area contributed by atoms with Crippen molar-refractivity contribution < 1.29 is 13.9 Å². The van der Waals surface area contributed by atoms with E-state index in [-0.39, 0.29) is 17.5 Å². The van der Waals surface area contributed by atoms with Crippen LogP contribution in [0.15, 0.2) is 42.5 Å². The zero-order chi connectivity index (χ0) is 15.9. The summed E-state index contributed by atoms with van der Waals surface area (Å²) in [5, 5.41) is 2.83. The van der Waals surface area contributed by atoms with E-state index < -0.39 is 0 Å². The van der Waals surface area contributed by atoms with Gasteiger partial charge in [-0.15, -0.1) is 11.8 Å². The van der Waals surface area contributed by atoms with E-state index in [1.165, 1.54) is 24.9 Å². The van der Waals surface area contributed by atoms with E-state index in [9.17, 15) is 9.18 Å². The van der Waals surface area contributed by atoms with Crippen molar-refractivity contribution >= 4 is 23.4 Å². The van der Waals surface area contributed by atoms with Gasteiger partial charge in [0, 0.05) is 11.4 Å². The third-order valence-electron chi connectivity index (χ3n) is 3.05. The zero-order valence-corrected chi connectivity index (χ0v) is 13.4. The number of rotatable bonds is 6. The maximum atomic E-state index is 13.5. The van der Waals surface area contributed by atoms with E-state index in [2.05, 4.69) is 5.32 Å². The normalized spacial score (nSPS) is 10.3. The molecule has 0 atom stereocenters. The molecular weight excluding hydrogens is 301 g/mol. The highest BCUT2D eigenvalue weighted by atomic mass is 32.2. The molecule has 0 aliphatic rings. The Morgan fingerprint density at radius 1 is 1.23 bits per heavy atom. The summed E-state index contributed by atoms with van der Waals surface area (Å²) < 4.78 is 18.4. The molecule has 0 aliphatic carbocycles. The van der Waals surface area contributed by atoms with Gasteiger partial charge in [-0.25, -0.2) is 4.39 Å². The first-order valence-corrected chi connectivity index (χ1v) is 8.00. The van der Waals surface area contributed by atoms with Crippen LogP contribution in [0.1, 0.15) is 11.1 Å². The van der Waals surface area contributed by atoms with E-state index in [1.807, 2.05) is 31.2 Å². The standard InChI is InChI=1S/C17H18FNO2S/c1-12-3-6-14(7-4-12)19-17(20)11-22-10-13-5-8-16(21-2)15(18)9-13/h3-9H,10-11H2,1-2H3,(H,19,20). The molecule has 0 bridgehead atoms. The number of methoxy groups -OCH3 is 1. The minimum atomic E-state index is -0.385. The molecular formula is C17H18FNO2S. The lowest BCUT2D eigenvalue weighted by Gasteiger charge is -2.07. The maximum absolute atomic E-state index is 13.5. The van der Waals surface area contributed by atoms with Crippen LogP contribution in [0.25, 0.3) is 0 Å². The molecule has 22 heavy (non-hydrogen) atoms. The Hall–Kier alpha value is -2.01. The smallest absolute Gasteiger partial charge is 0.234 e. The number of amides is 1. The summed E-state index contributed by atoms with van der Waals surface area (Å²) in [4.78, 5) is 11.8. The summed E-state index contributed by atoms with van der Waals surface area (Å²) in [6.07, 6.45) is 0. The van der Waals surface area contributed by atoms with Crippen molar-refractivity contribution in [2.45, 2.75) is 12.7 Å². The number of hydrogen-bond donors (Lipinski definition) is 1. The molecule has 0 fully saturated rings. The molecule has 0 spiro atoms. The van der Waals surface area contributed by atoms with E-state index in [0.29, 0.717) is 11.5 Å². The number of halogens is 1. The summed E-state index contributed by atoms with van der Waals surface area (Å²) in [5.41, 5.74) is 2.76. The molecule has 2 aromatic carbocycles. The number of hydrogen-bond acceptors (Lipinski definition) is 3. The number of benzene rings is 2. The highest BCUT2D eigenvalue weighted by Gasteiger charge is 2.06. The number of aryl methyl sites for hydroxylation is 1. The van der Waals surface area contributed by atoms with Gasteiger partial charge in [0.25, 0.3) is 0 Å². The molecule has 0 aliphatic heterocycles.